The van der Waals surface area contributed by atoms with E-state index in [4.69, 9.17) is 14.2 Å². The maximum atomic E-state index is 12.9. The maximum absolute atomic E-state index is 12.9. The number of hydrogen-bond donors (Lipinski definition) is 0. The zero-order valence-electron chi connectivity index (χ0n) is 52.3. The van der Waals surface area contributed by atoms with Gasteiger partial charge in [0, 0.05) is 19.3 Å². The molecule has 6 nitrogen and oxygen atoms in total. The summed E-state index contributed by atoms with van der Waals surface area (Å²) in [6, 6.07) is 0. The van der Waals surface area contributed by atoms with Gasteiger partial charge in [-0.3, -0.25) is 14.4 Å². The number of hydrogen-bond acceptors (Lipinski definition) is 6. The van der Waals surface area contributed by atoms with Gasteiger partial charge in [-0.05, 0) is 122 Å². The van der Waals surface area contributed by atoms with E-state index in [1.807, 2.05) is 0 Å². The van der Waals surface area contributed by atoms with Gasteiger partial charge in [0.25, 0.3) is 0 Å². The molecule has 6 heteroatoms. The summed E-state index contributed by atoms with van der Waals surface area (Å²) in [5, 5.41) is 0. The number of unbranched alkanes of at least 4 members (excludes halogenated alkanes) is 29. The summed E-state index contributed by atoms with van der Waals surface area (Å²) in [5.41, 5.74) is 0. The van der Waals surface area contributed by atoms with Crippen molar-refractivity contribution in [3.63, 3.8) is 0 Å². The number of allylic oxidation sites excluding steroid dienone is 20. The van der Waals surface area contributed by atoms with Crippen LogP contribution in [0.5, 0.6) is 0 Å². The van der Waals surface area contributed by atoms with Crippen LogP contribution in [0.25, 0.3) is 0 Å². The van der Waals surface area contributed by atoms with Crippen LogP contribution in [0.3, 0.4) is 0 Å². The number of ether oxygens (including phenoxy) is 3. The normalized spacial score (nSPS) is 12.9. The maximum Gasteiger partial charge on any atom is 0.306 e. The van der Waals surface area contributed by atoms with Crippen LogP contribution >= 0.6 is 0 Å². The monoisotopic (exact) mass is 1110 g/mol. The molecule has 0 heterocycles. The highest BCUT2D eigenvalue weighted by Gasteiger charge is 2.19. The average molecular weight is 1110 g/mol. The Hall–Kier alpha value is -4.19. The molecule has 0 amide bonds. The molecular weight excluding hydrogens is 985 g/mol. The van der Waals surface area contributed by atoms with Crippen molar-refractivity contribution in [2.24, 2.45) is 0 Å². The molecule has 0 fully saturated rings. The molecule has 0 aliphatic carbocycles. The van der Waals surface area contributed by atoms with Crippen molar-refractivity contribution in [1.82, 2.24) is 0 Å². The lowest BCUT2D eigenvalue weighted by atomic mass is 10.0. The largest absolute Gasteiger partial charge is 0.462 e. The second-order valence-electron chi connectivity index (χ2n) is 22.0. The van der Waals surface area contributed by atoms with Crippen molar-refractivity contribution < 1.29 is 28.6 Å². The quantitative estimate of drug-likeness (QED) is 0.0261. The molecule has 0 radical (unpaired) electrons. The van der Waals surface area contributed by atoms with Gasteiger partial charge in [-0.1, -0.05) is 290 Å². The molecule has 0 aliphatic heterocycles. The van der Waals surface area contributed by atoms with E-state index < -0.39 is 6.10 Å². The summed E-state index contributed by atoms with van der Waals surface area (Å²) < 4.78 is 16.9. The summed E-state index contributed by atoms with van der Waals surface area (Å²) in [7, 11) is 0. The van der Waals surface area contributed by atoms with Crippen LogP contribution in [0, 0.1) is 0 Å². The number of rotatable bonds is 60. The summed E-state index contributed by atoms with van der Waals surface area (Å²) in [6.07, 6.45) is 93.7. The van der Waals surface area contributed by atoms with Gasteiger partial charge in [-0.15, -0.1) is 0 Å². The molecule has 0 aliphatic rings. The Kier molecular flexibility index (Phi) is 63.8. The summed E-state index contributed by atoms with van der Waals surface area (Å²) >= 11 is 0. The van der Waals surface area contributed by atoms with Crippen molar-refractivity contribution >= 4 is 17.9 Å². The zero-order chi connectivity index (χ0) is 57.8. The third-order valence-corrected chi connectivity index (χ3v) is 14.2. The van der Waals surface area contributed by atoms with Gasteiger partial charge >= 0.3 is 17.9 Å². The molecule has 0 aromatic carbocycles. The Morgan fingerprint density at radius 2 is 0.487 bits per heavy atom. The minimum absolute atomic E-state index is 0.0860. The van der Waals surface area contributed by atoms with Gasteiger partial charge in [0.1, 0.15) is 13.2 Å². The van der Waals surface area contributed by atoms with Crippen molar-refractivity contribution in [3.05, 3.63) is 122 Å². The van der Waals surface area contributed by atoms with Gasteiger partial charge in [0.15, 0.2) is 6.10 Å². The number of esters is 3. The molecule has 0 spiro atoms. The highest BCUT2D eigenvalue weighted by molar-refractivity contribution is 5.71. The van der Waals surface area contributed by atoms with Crippen molar-refractivity contribution in [2.45, 2.75) is 316 Å². The van der Waals surface area contributed by atoms with Gasteiger partial charge in [-0.2, -0.15) is 0 Å². The van der Waals surface area contributed by atoms with Gasteiger partial charge < -0.3 is 14.2 Å². The molecule has 0 saturated carbocycles. The topological polar surface area (TPSA) is 78.9 Å². The molecule has 0 bridgehead atoms. The molecule has 80 heavy (non-hydrogen) atoms. The third kappa shape index (κ3) is 64.6. The Labute approximate surface area is 494 Å². The molecule has 1 unspecified atom stereocenters. The molecule has 0 aromatic rings. The number of carbonyl (C=O) groups is 3. The fourth-order valence-corrected chi connectivity index (χ4v) is 9.23. The first-order valence-electron chi connectivity index (χ1n) is 33.5. The zero-order valence-corrected chi connectivity index (χ0v) is 52.3. The highest BCUT2D eigenvalue weighted by atomic mass is 16.6. The van der Waals surface area contributed by atoms with E-state index in [1.54, 1.807) is 0 Å². The predicted octanol–water partition coefficient (Wildman–Crippen LogP) is 23.2. The van der Waals surface area contributed by atoms with E-state index in [2.05, 4.69) is 142 Å². The Balaban J connectivity index is 4.15. The SMILES string of the molecule is CC/C=C\C/C=C\C/C=C\C/C=C\C/C=C\CCCCCCCCCCCCCCCCCCCC(=O)OCC(COC(=O)CCCCCCC/C=C\CCC)OC(=O)CCCCCCCC/C=C\C/C=C\C/C=C\C/C=C\CC. The first kappa shape index (κ1) is 75.8. The third-order valence-electron chi connectivity index (χ3n) is 14.2. The minimum Gasteiger partial charge on any atom is -0.462 e. The van der Waals surface area contributed by atoms with Gasteiger partial charge in [-0.25, -0.2) is 0 Å². The Bertz CT molecular complexity index is 1650. The first-order chi connectivity index (χ1) is 39.5. The first-order valence-corrected chi connectivity index (χ1v) is 33.5. The van der Waals surface area contributed by atoms with Crippen LogP contribution in [0.1, 0.15) is 310 Å². The van der Waals surface area contributed by atoms with Crippen LogP contribution in [0.4, 0.5) is 0 Å². The van der Waals surface area contributed by atoms with Crippen LogP contribution < -0.4 is 0 Å². The molecule has 0 N–H and O–H groups in total. The summed E-state index contributed by atoms with van der Waals surface area (Å²) in [6.45, 7) is 6.35. The Morgan fingerprint density at radius 1 is 0.263 bits per heavy atom. The smallest absolute Gasteiger partial charge is 0.306 e. The Morgan fingerprint density at radius 3 is 0.775 bits per heavy atom. The van der Waals surface area contributed by atoms with E-state index in [0.29, 0.717) is 19.3 Å². The van der Waals surface area contributed by atoms with Crippen LogP contribution in [0.15, 0.2) is 122 Å². The average Bonchev–Trinajstić information content (AvgIpc) is 3.46. The van der Waals surface area contributed by atoms with E-state index in [9.17, 15) is 14.4 Å². The predicted molar refractivity (Wildman–Crippen MR) is 348 cm³/mol. The fraction of sp³-hybridized carbons (Fsp3) is 0.689. The van der Waals surface area contributed by atoms with Gasteiger partial charge in [0.05, 0.1) is 0 Å². The molecule has 456 valence electrons. The summed E-state index contributed by atoms with van der Waals surface area (Å²) in [4.78, 5) is 38.2. The fourth-order valence-electron chi connectivity index (χ4n) is 9.23. The lowest BCUT2D eigenvalue weighted by Gasteiger charge is -2.18. The molecule has 0 saturated heterocycles. The lowest BCUT2D eigenvalue weighted by Crippen LogP contribution is -2.30. The summed E-state index contributed by atoms with van der Waals surface area (Å²) in [5.74, 6) is -0.904. The van der Waals surface area contributed by atoms with Gasteiger partial charge in [0.2, 0.25) is 0 Å². The minimum atomic E-state index is -0.790. The van der Waals surface area contributed by atoms with Crippen LogP contribution in [0.2, 0.25) is 0 Å². The second-order valence-corrected chi connectivity index (χ2v) is 22.0. The van der Waals surface area contributed by atoms with Crippen LogP contribution in [-0.2, 0) is 28.6 Å². The molecule has 0 aromatic heterocycles. The molecule has 1 atom stereocenters. The lowest BCUT2D eigenvalue weighted by molar-refractivity contribution is -0.167. The second kappa shape index (κ2) is 67.3. The van der Waals surface area contributed by atoms with Crippen molar-refractivity contribution in [3.8, 4) is 0 Å². The van der Waals surface area contributed by atoms with E-state index in [0.717, 1.165) is 148 Å². The molecular formula is C74H124O6. The number of carbonyl (C=O) groups excluding carboxylic acids is 3. The van der Waals surface area contributed by atoms with E-state index in [-0.39, 0.29) is 31.1 Å². The highest BCUT2D eigenvalue weighted by Crippen LogP contribution is 2.17. The molecule has 0 rings (SSSR count). The van der Waals surface area contributed by atoms with E-state index in [1.165, 1.54) is 122 Å². The standard InChI is InChI=1S/C74H124O6/c1-4-7-10-13-16-19-22-24-26-28-30-31-32-33-34-35-36-37-38-39-40-41-42-43-45-46-48-50-52-55-58-61-64-67-73(76)79-70-71(69-78-72(75)66-63-60-57-54-21-18-15-12-9-6-3)80-74(77)68-65-62-59-56-53-51-49-47-44-29-27-25-23-20-17-14-11-8-5-2/h7-8,10-12,15-17,19-20,24-27,30-31,33-34,44,47,71H,4-6,9,13-14,18,21-23,28-29,32,35-43,45-46,48-70H2,1-3H3/b10-7-,11-8-,15-12-,19-16-,20-17-,26-24-,27-25-,31-30-,34-33-,47-44-. The van der Waals surface area contributed by atoms with Crippen LogP contribution in [-0.4, -0.2) is 37.2 Å². The van der Waals surface area contributed by atoms with Crippen molar-refractivity contribution in [1.29, 1.82) is 0 Å². The van der Waals surface area contributed by atoms with E-state index >= 15 is 0 Å². The van der Waals surface area contributed by atoms with Crippen molar-refractivity contribution in [2.75, 3.05) is 13.2 Å².